The van der Waals surface area contributed by atoms with E-state index in [0.29, 0.717) is 26.1 Å². The van der Waals surface area contributed by atoms with E-state index < -0.39 is 5.92 Å². The quantitative estimate of drug-likeness (QED) is 0.722. The zero-order chi connectivity index (χ0) is 19.0. The van der Waals surface area contributed by atoms with Gasteiger partial charge in [0.1, 0.15) is 17.5 Å². The van der Waals surface area contributed by atoms with Crippen LogP contribution in [0.2, 0.25) is 0 Å². The molecule has 1 saturated carbocycles. The number of carbonyl (C=O) groups is 2. The molecule has 1 aliphatic carbocycles. The molecule has 2 aliphatic rings. The van der Waals surface area contributed by atoms with Crippen LogP contribution in [0.25, 0.3) is 11.1 Å². The molecule has 0 unspecified atom stereocenters. The fraction of sp³-hybridized carbons (Fsp3) is 0.417. The maximum atomic E-state index is 13.1. The van der Waals surface area contributed by atoms with E-state index in [1.54, 1.807) is 0 Å². The lowest BCUT2D eigenvalue weighted by Crippen LogP contribution is -2.42. The molecule has 1 aliphatic heterocycles. The highest BCUT2D eigenvalue weighted by molar-refractivity contribution is 6.10. The van der Waals surface area contributed by atoms with Crippen LogP contribution in [0, 0.1) is 19.3 Å². The van der Waals surface area contributed by atoms with Gasteiger partial charge >= 0.3 is 0 Å². The number of ketones is 2. The molecule has 2 fully saturated rings. The molecule has 0 atom stereocenters. The standard InChI is InChI=1S/C24H26O3/c1-16-12-19(18-6-4-3-5-7-18)13-17(2)22(16)23-20(25)14-24(15-21(23)26)8-10-27-11-9-24/h3-7,12-13,23H,8-11,14-15H2,1-2H3. The van der Waals surface area contributed by atoms with Crippen LogP contribution in [0.1, 0.15) is 48.3 Å². The second kappa shape index (κ2) is 7.05. The predicted octanol–water partition coefficient (Wildman–Crippen LogP) is 4.78. The van der Waals surface area contributed by atoms with Crippen molar-refractivity contribution in [2.45, 2.75) is 45.4 Å². The number of ether oxygens (including phenoxy) is 1. The topological polar surface area (TPSA) is 43.4 Å². The Balaban J connectivity index is 1.67. The first-order chi connectivity index (χ1) is 13.0. The third kappa shape index (κ3) is 3.37. The van der Waals surface area contributed by atoms with Crippen LogP contribution in [-0.2, 0) is 14.3 Å². The zero-order valence-corrected chi connectivity index (χ0v) is 16.1. The van der Waals surface area contributed by atoms with Gasteiger partial charge in [-0.2, -0.15) is 0 Å². The van der Waals surface area contributed by atoms with Gasteiger partial charge < -0.3 is 4.74 Å². The smallest absolute Gasteiger partial charge is 0.148 e. The van der Waals surface area contributed by atoms with Gasteiger partial charge in [-0.05, 0) is 59.9 Å². The first-order valence-corrected chi connectivity index (χ1v) is 9.79. The molecule has 0 bridgehead atoms. The normalized spacial score (nSPS) is 20.2. The summed E-state index contributed by atoms with van der Waals surface area (Å²) in [6.07, 6.45) is 2.66. The van der Waals surface area contributed by atoms with Crippen molar-refractivity contribution in [1.82, 2.24) is 0 Å². The lowest BCUT2D eigenvalue weighted by atomic mass is 9.63. The van der Waals surface area contributed by atoms with Gasteiger partial charge in [0.15, 0.2) is 0 Å². The van der Waals surface area contributed by atoms with Gasteiger partial charge in [-0.1, -0.05) is 42.5 Å². The minimum atomic E-state index is -0.594. The van der Waals surface area contributed by atoms with Crippen LogP contribution in [0.5, 0.6) is 0 Å². The van der Waals surface area contributed by atoms with Crippen molar-refractivity contribution < 1.29 is 14.3 Å². The molecule has 0 amide bonds. The van der Waals surface area contributed by atoms with Gasteiger partial charge in [0.25, 0.3) is 0 Å². The molecule has 0 radical (unpaired) electrons. The number of Topliss-reactive ketones (excluding diaryl/α,β-unsaturated/α-hetero) is 2. The van der Waals surface area contributed by atoms with Crippen LogP contribution >= 0.6 is 0 Å². The van der Waals surface area contributed by atoms with Crippen molar-refractivity contribution in [2.24, 2.45) is 5.41 Å². The first-order valence-electron chi connectivity index (χ1n) is 9.79. The average Bonchev–Trinajstić information content (AvgIpc) is 2.64. The fourth-order valence-corrected chi connectivity index (χ4v) is 4.89. The summed E-state index contributed by atoms with van der Waals surface area (Å²) in [5.41, 5.74) is 5.11. The van der Waals surface area contributed by atoms with E-state index >= 15 is 0 Å². The minimum absolute atomic E-state index is 0.0896. The molecular formula is C24H26O3. The number of hydrogen-bond acceptors (Lipinski definition) is 3. The Morgan fingerprint density at radius 2 is 1.41 bits per heavy atom. The van der Waals surface area contributed by atoms with E-state index in [0.717, 1.165) is 40.7 Å². The molecule has 140 valence electrons. The number of aryl methyl sites for hydroxylation is 2. The van der Waals surface area contributed by atoms with Crippen LogP contribution in [0.15, 0.2) is 42.5 Å². The molecule has 3 nitrogen and oxygen atoms in total. The molecule has 4 rings (SSSR count). The van der Waals surface area contributed by atoms with Crippen molar-refractivity contribution in [2.75, 3.05) is 13.2 Å². The third-order valence-electron chi connectivity index (χ3n) is 6.29. The lowest BCUT2D eigenvalue weighted by Gasteiger charge is -2.41. The molecule has 27 heavy (non-hydrogen) atoms. The van der Waals surface area contributed by atoms with Gasteiger partial charge in [-0.25, -0.2) is 0 Å². The summed E-state index contributed by atoms with van der Waals surface area (Å²) in [5.74, 6) is -0.415. The predicted molar refractivity (Wildman–Crippen MR) is 106 cm³/mol. The Kier molecular flexibility index (Phi) is 4.73. The van der Waals surface area contributed by atoms with Crippen molar-refractivity contribution in [3.05, 3.63) is 59.2 Å². The molecule has 3 heteroatoms. The highest BCUT2D eigenvalue weighted by Gasteiger charge is 2.46. The molecule has 2 aromatic rings. The van der Waals surface area contributed by atoms with Gasteiger partial charge in [0.2, 0.25) is 0 Å². The average molecular weight is 362 g/mol. The first kappa shape index (κ1) is 18.1. The largest absolute Gasteiger partial charge is 0.381 e. The number of carbonyl (C=O) groups excluding carboxylic acids is 2. The van der Waals surface area contributed by atoms with Crippen LogP contribution in [-0.4, -0.2) is 24.8 Å². The fourth-order valence-electron chi connectivity index (χ4n) is 4.89. The van der Waals surface area contributed by atoms with Gasteiger partial charge in [0.05, 0.1) is 0 Å². The summed E-state index contributed by atoms with van der Waals surface area (Å²) in [7, 11) is 0. The van der Waals surface area contributed by atoms with E-state index in [2.05, 4.69) is 24.3 Å². The highest BCUT2D eigenvalue weighted by Crippen LogP contribution is 2.46. The SMILES string of the molecule is Cc1cc(-c2ccccc2)cc(C)c1C1C(=O)CC2(CCOCC2)CC1=O. The summed E-state index contributed by atoms with van der Waals surface area (Å²) >= 11 is 0. The monoisotopic (exact) mass is 362 g/mol. The van der Waals surface area contributed by atoms with E-state index in [1.807, 2.05) is 32.0 Å². The maximum Gasteiger partial charge on any atom is 0.148 e. The maximum absolute atomic E-state index is 13.1. The summed E-state index contributed by atoms with van der Waals surface area (Å²) in [6.45, 7) is 5.37. The summed E-state index contributed by atoms with van der Waals surface area (Å²) in [5, 5.41) is 0. The van der Waals surface area contributed by atoms with E-state index in [4.69, 9.17) is 4.74 Å². The zero-order valence-electron chi connectivity index (χ0n) is 16.1. The van der Waals surface area contributed by atoms with E-state index in [1.165, 1.54) is 0 Å². The Morgan fingerprint density at radius 1 is 0.852 bits per heavy atom. The molecule has 0 aromatic heterocycles. The van der Waals surface area contributed by atoms with E-state index in [-0.39, 0.29) is 17.0 Å². The minimum Gasteiger partial charge on any atom is -0.381 e. The molecule has 1 spiro atoms. The number of hydrogen-bond donors (Lipinski definition) is 0. The Labute approximate surface area is 160 Å². The molecule has 1 heterocycles. The lowest BCUT2D eigenvalue weighted by molar-refractivity contribution is -0.139. The number of benzene rings is 2. The second-order valence-electron chi connectivity index (χ2n) is 8.22. The molecule has 2 aromatic carbocycles. The van der Waals surface area contributed by atoms with Crippen LogP contribution in [0.3, 0.4) is 0 Å². The van der Waals surface area contributed by atoms with Gasteiger partial charge in [0, 0.05) is 26.1 Å². The third-order valence-corrected chi connectivity index (χ3v) is 6.29. The van der Waals surface area contributed by atoms with Crippen molar-refractivity contribution >= 4 is 11.6 Å². The summed E-state index contributed by atoms with van der Waals surface area (Å²) < 4.78 is 5.45. The second-order valence-corrected chi connectivity index (χ2v) is 8.22. The Morgan fingerprint density at radius 3 is 1.96 bits per heavy atom. The molecule has 1 saturated heterocycles. The molecule has 0 N–H and O–H groups in total. The molecular weight excluding hydrogens is 336 g/mol. The Hall–Kier alpha value is -2.26. The van der Waals surface area contributed by atoms with E-state index in [9.17, 15) is 9.59 Å². The summed E-state index contributed by atoms with van der Waals surface area (Å²) in [6, 6.07) is 14.4. The van der Waals surface area contributed by atoms with Crippen LogP contribution in [0.4, 0.5) is 0 Å². The number of rotatable bonds is 2. The Bertz CT molecular complexity index is 833. The van der Waals surface area contributed by atoms with Crippen molar-refractivity contribution in [3.63, 3.8) is 0 Å². The highest BCUT2D eigenvalue weighted by atomic mass is 16.5. The van der Waals surface area contributed by atoms with Gasteiger partial charge in [-0.3, -0.25) is 9.59 Å². The van der Waals surface area contributed by atoms with Crippen molar-refractivity contribution in [3.8, 4) is 11.1 Å². The van der Waals surface area contributed by atoms with Crippen molar-refractivity contribution in [1.29, 1.82) is 0 Å². The van der Waals surface area contributed by atoms with Crippen LogP contribution < -0.4 is 0 Å². The summed E-state index contributed by atoms with van der Waals surface area (Å²) in [4.78, 5) is 26.2. The van der Waals surface area contributed by atoms with Gasteiger partial charge in [-0.15, -0.1) is 0 Å².